The zero-order valence-electron chi connectivity index (χ0n) is 20.3. The van der Waals surface area contributed by atoms with Crippen LogP contribution in [0.5, 0.6) is 0 Å². The van der Waals surface area contributed by atoms with Crippen molar-refractivity contribution in [1.82, 2.24) is 24.3 Å². The lowest BCUT2D eigenvalue weighted by molar-refractivity contribution is 0.0985. The van der Waals surface area contributed by atoms with Crippen molar-refractivity contribution in [2.75, 3.05) is 17.2 Å². The Bertz CT molecular complexity index is 1420. The molecule has 0 fully saturated rings. The van der Waals surface area contributed by atoms with E-state index in [-0.39, 0.29) is 36.4 Å². The van der Waals surface area contributed by atoms with Gasteiger partial charge in [-0.25, -0.2) is 14.5 Å². The number of nitrogens with zero attached hydrogens (tertiary/aromatic N) is 5. The Morgan fingerprint density at radius 1 is 1.03 bits per heavy atom. The average molecular weight is 488 g/mol. The summed E-state index contributed by atoms with van der Waals surface area (Å²) in [5.41, 5.74) is 7.23. The van der Waals surface area contributed by atoms with Crippen LogP contribution in [0.1, 0.15) is 41.8 Å². The molecule has 10 nitrogen and oxygen atoms in total. The van der Waals surface area contributed by atoms with E-state index in [0.29, 0.717) is 18.5 Å². The molecule has 0 aliphatic rings. The normalized spacial score (nSPS) is 11.1. The third kappa shape index (κ3) is 5.60. The SMILES string of the molecule is CC(C)CCN(C(=O)c1ccc(Cn2cncn2)cc1)c1c(N)n(Cc2ccccc2)c(=O)[nH]c1=O. The van der Waals surface area contributed by atoms with Gasteiger partial charge in [-0.15, -0.1) is 0 Å². The number of rotatable bonds is 9. The number of aromatic amines is 1. The highest BCUT2D eigenvalue weighted by Gasteiger charge is 2.25. The van der Waals surface area contributed by atoms with E-state index in [0.717, 1.165) is 11.1 Å². The van der Waals surface area contributed by atoms with E-state index >= 15 is 0 Å². The van der Waals surface area contributed by atoms with Crippen molar-refractivity contribution < 1.29 is 4.79 Å². The first-order valence-corrected chi connectivity index (χ1v) is 11.7. The lowest BCUT2D eigenvalue weighted by atomic mass is 10.1. The summed E-state index contributed by atoms with van der Waals surface area (Å²) in [5, 5.41) is 4.09. The van der Waals surface area contributed by atoms with E-state index in [1.165, 1.54) is 15.8 Å². The van der Waals surface area contributed by atoms with Gasteiger partial charge in [0.05, 0.1) is 13.1 Å². The van der Waals surface area contributed by atoms with Gasteiger partial charge in [-0.3, -0.25) is 19.1 Å². The Kier molecular flexibility index (Phi) is 7.43. The fraction of sp³-hybridized carbons (Fsp3) is 0.269. The third-order valence-electron chi connectivity index (χ3n) is 5.85. The Balaban J connectivity index is 1.70. The maximum atomic E-state index is 13.6. The highest BCUT2D eigenvalue weighted by molar-refractivity contribution is 6.07. The van der Waals surface area contributed by atoms with Crippen LogP contribution in [0.4, 0.5) is 11.5 Å². The van der Waals surface area contributed by atoms with Crippen LogP contribution in [-0.2, 0) is 13.1 Å². The number of amides is 1. The molecule has 2 aromatic heterocycles. The van der Waals surface area contributed by atoms with Crippen LogP contribution in [0.25, 0.3) is 0 Å². The lowest BCUT2D eigenvalue weighted by Gasteiger charge is -2.25. The number of anilines is 2. The molecule has 0 aliphatic heterocycles. The molecule has 2 aromatic carbocycles. The van der Waals surface area contributed by atoms with Gasteiger partial charge in [0.15, 0.2) is 5.69 Å². The highest BCUT2D eigenvalue weighted by Crippen LogP contribution is 2.22. The van der Waals surface area contributed by atoms with E-state index in [9.17, 15) is 14.4 Å². The molecular weight excluding hydrogens is 458 g/mol. The molecule has 10 heteroatoms. The maximum Gasteiger partial charge on any atom is 0.330 e. The fourth-order valence-corrected chi connectivity index (χ4v) is 3.87. The number of carbonyl (C=O) groups excluding carboxylic acids is 1. The molecular formula is C26H29N7O3. The number of nitrogens with two attached hydrogens (primary N) is 1. The van der Waals surface area contributed by atoms with Gasteiger partial charge in [-0.1, -0.05) is 56.3 Å². The van der Waals surface area contributed by atoms with Crippen molar-refractivity contribution >= 4 is 17.4 Å². The molecule has 0 aliphatic carbocycles. The number of nitrogens with one attached hydrogen (secondary N) is 1. The van der Waals surface area contributed by atoms with E-state index in [2.05, 4.69) is 15.1 Å². The molecule has 0 bridgehead atoms. The van der Waals surface area contributed by atoms with Crippen molar-refractivity contribution in [1.29, 1.82) is 0 Å². The van der Waals surface area contributed by atoms with E-state index < -0.39 is 11.2 Å². The minimum absolute atomic E-state index is 0.0251. The minimum atomic E-state index is -0.693. The summed E-state index contributed by atoms with van der Waals surface area (Å²) in [4.78, 5) is 46.9. The smallest absolute Gasteiger partial charge is 0.330 e. The Morgan fingerprint density at radius 2 is 1.72 bits per heavy atom. The molecule has 2 heterocycles. The van der Waals surface area contributed by atoms with Crippen LogP contribution in [0.3, 0.4) is 0 Å². The largest absolute Gasteiger partial charge is 0.383 e. The van der Waals surface area contributed by atoms with Crippen LogP contribution in [-0.4, -0.2) is 36.8 Å². The molecule has 1 amide bonds. The van der Waals surface area contributed by atoms with Gasteiger partial charge in [-0.2, -0.15) is 5.10 Å². The van der Waals surface area contributed by atoms with Crippen molar-refractivity contribution in [3.8, 4) is 0 Å². The van der Waals surface area contributed by atoms with Crippen LogP contribution < -0.4 is 21.9 Å². The maximum absolute atomic E-state index is 13.6. The van der Waals surface area contributed by atoms with Crippen molar-refractivity contribution in [3.63, 3.8) is 0 Å². The van der Waals surface area contributed by atoms with Gasteiger partial charge in [0.1, 0.15) is 18.5 Å². The average Bonchev–Trinajstić information content (AvgIpc) is 3.37. The molecule has 4 aromatic rings. The zero-order valence-corrected chi connectivity index (χ0v) is 20.3. The second-order valence-corrected chi connectivity index (χ2v) is 8.99. The Labute approximate surface area is 208 Å². The number of H-pyrrole nitrogens is 1. The molecule has 0 saturated carbocycles. The van der Waals surface area contributed by atoms with Gasteiger partial charge >= 0.3 is 5.69 Å². The van der Waals surface area contributed by atoms with Gasteiger partial charge in [-0.05, 0) is 35.6 Å². The van der Waals surface area contributed by atoms with Gasteiger partial charge < -0.3 is 10.6 Å². The van der Waals surface area contributed by atoms with Crippen molar-refractivity contribution in [2.24, 2.45) is 5.92 Å². The Hall–Kier alpha value is -4.47. The number of carbonyl (C=O) groups is 1. The highest BCUT2D eigenvalue weighted by atomic mass is 16.2. The molecule has 4 rings (SSSR count). The molecule has 3 N–H and O–H groups in total. The van der Waals surface area contributed by atoms with Crippen LogP contribution in [0.15, 0.2) is 76.8 Å². The van der Waals surface area contributed by atoms with Crippen LogP contribution in [0, 0.1) is 5.92 Å². The number of benzene rings is 2. The number of aromatic nitrogens is 5. The van der Waals surface area contributed by atoms with Gasteiger partial charge in [0.2, 0.25) is 0 Å². The second kappa shape index (κ2) is 10.9. The fourth-order valence-electron chi connectivity index (χ4n) is 3.87. The number of hydrogen-bond donors (Lipinski definition) is 2. The summed E-state index contributed by atoms with van der Waals surface area (Å²) >= 11 is 0. The molecule has 36 heavy (non-hydrogen) atoms. The minimum Gasteiger partial charge on any atom is -0.383 e. The molecule has 0 atom stereocenters. The molecule has 0 spiro atoms. The summed E-state index contributed by atoms with van der Waals surface area (Å²) in [5.74, 6) is -0.140. The van der Waals surface area contributed by atoms with Crippen LogP contribution in [0.2, 0.25) is 0 Å². The number of hydrogen-bond acceptors (Lipinski definition) is 6. The van der Waals surface area contributed by atoms with E-state index in [1.807, 2.05) is 56.3 Å². The summed E-state index contributed by atoms with van der Waals surface area (Å²) < 4.78 is 2.96. The first-order chi connectivity index (χ1) is 17.3. The molecule has 0 saturated heterocycles. The summed E-state index contributed by atoms with van der Waals surface area (Å²) in [6.07, 6.45) is 3.72. The summed E-state index contributed by atoms with van der Waals surface area (Å²) in [6.45, 7) is 5.02. The first-order valence-electron chi connectivity index (χ1n) is 11.7. The second-order valence-electron chi connectivity index (χ2n) is 8.99. The van der Waals surface area contributed by atoms with E-state index in [1.54, 1.807) is 23.1 Å². The number of nitrogen functional groups attached to an aromatic ring is 1. The zero-order chi connectivity index (χ0) is 25.7. The summed E-state index contributed by atoms with van der Waals surface area (Å²) in [7, 11) is 0. The predicted molar refractivity (Wildman–Crippen MR) is 138 cm³/mol. The molecule has 0 unspecified atom stereocenters. The van der Waals surface area contributed by atoms with Gasteiger partial charge in [0, 0.05) is 12.1 Å². The van der Waals surface area contributed by atoms with Crippen molar-refractivity contribution in [2.45, 2.75) is 33.4 Å². The molecule has 0 radical (unpaired) electrons. The first kappa shape index (κ1) is 24.6. The monoisotopic (exact) mass is 487 g/mol. The Morgan fingerprint density at radius 3 is 2.36 bits per heavy atom. The van der Waals surface area contributed by atoms with Gasteiger partial charge in [0.25, 0.3) is 11.5 Å². The lowest BCUT2D eigenvalue weighted by Crippen LogP contribution is -2.42. The topological polar surface area (TPSA) is 132 Å². The van der Waals surface area contributed by atoms with E-state index in [4.69, 9.17) is 5.73 Å². The predicted octanol–water partition coefficient (Wildman–Crippen LogP) is 2.50. The third-order valence-corrected chi connectivity index (χ3v) is 5.85. The summed E-state index contributed by atoms with van der Waals surface area (Å²) in [6, 6.07) is 16.4. The standard InChI is InChI=1S/C26H29N7O3/c1-18(2)12-13-32(25(35)21-10-8-20(9-11-21)14-31-17-28-16-29-31)22-23(27)33(26(36)30-24(22)34)15-19-6-4-3-5-7-19/h3-11,16-18H,12-15,27H2,1-2H3,(H,30,34,36). The van der Waals surface area contributed by atoms with Crippen molar-refractivity contribution in [3.05, 3.63) is 105 Å². The quantitative estimate of drug-likeness (QED) is 0.373. The molecule has 186 valence electrons. The van der Waals surface area contributed by atoms with Crippen LogP contribution >= 0.6 is 0 Å².